The third-order valence-corrected chi connectivity index (χ3v) is 4.84. The zero-order valence-corrected chi connectivity index (χ0v) is 15.7. The van der Waals surface area contributed by atoms with Crippen LogP contribution in [0, 0.1) is 0 Å². The monoisotopic (exact) mass is 403 g/mol. The summed E-state index contributed by atoms with van der Waals surface area (Å²) in [5.74, 6) is -1.07. The van der Waals surface area contributed by atoms with Crippen LogP contribution < -0.4 is 9.64 Å². The van der Waals surface area contributed by atoms with Crippen LogP contribution in [0.4, 0.5) is 10.5 Å². The lowest BCUT2D eigenvalue weighted by Gasteiger charge is -2.12. The minimum absolute atomic E-state index is 0.294. The van der Waals surface area contributed by atoms with Gasteiger partial charge < -0.3 is 9.84 Å². The third-order valence-electron chi connectivity index (χ3n) is 3.72. The molecule has 8 heteroatoms. The molecular formula is C19H14ClNO5S. The fourth-order valence-electron chi connectivity index (χ4n) is 2.33. The lowest BCUT2D eigenvalue weighted by molar-refractivity contribution is -0.144. The molecule has 1 aliphatic rings. The molecule has 1 N–H and O–H groups in total. The van der Waals surface area contributed by atoms with Crippen LogP contribution in [0.5, 0.6) is 5.75 Å². The van der Waals surface area contributed by atoms with E-state index in [9.17, 15) is 14.4 Å². The minimum atomic E-state index is -1.06. The Morgan fingerprint density at radius 1 is 1.15 bits per heavy atom. The Kier molecular flexibility index (Phi) is 5.53. The van der Waals surface area contributed by atoms with E-state index in [0.717, 1.165) is 16.7 Å². The summed E-state index contributed by atoms with van der Waals surface area (Å²) in [7, 11) is 0. The molecule has 2 aromatic rings. The van der Waals surface area contributed by atoms with Crippen LogP contribution in [0.2, 0.25) is 5.02 Å². The minimum Gasteiger partial charge on any atom is -0.479 e. The number of ether oxygens (including phenoxy) is 1. The average Bonchev–Trinajstić information content (AvgIpc) is 2.91. The summed E-state index contributed by atoms with van der Waals surface area (Å²) in [6, 6.07) is 13.0. The van der Waals surface area contributed by atoms with Gasteiger partial charge >= 0.3 is 5.97 Å². The quantitative estimate of drug-likeness (QED) is 0.743. The second-order valence-corrected chi connectivity index (χ2v) is 7.09. The number of amides is 2. The number of thioether (sulfide) groups is 1. The van der Waals surface area contributed by atoms with Gasteiger partial charge in [0.25, 0.3) is 11.1 Å². The molecule has 0 aromatic heterocycles. The van der Waals surface area contributed by atoms with Crippen molar-refractivity contribution in [3.05, 3.63) is 64.0 Å². The summed E-state index contributed by atoms with van der Waals surface area (Å²) in [6.07, 6.45) is 0.636. The van der Waals surface area contributed by atoms with Gasteiger partial charge in [-0.1, -0.05) is 23.7 Å². The molecule has 2 amide bonds. The predicted molar refractivity (Wildman–Crippen MR) is 104 cm³/mol. The molecule has 2 aromatic carbocycles. The Balaban J connectivity index is 1.77. The fourth-order valence-corrected chi connectivity index (χ4v) is 3.30. The standard InChI is InChI=1S/C19H14ClNO5S/c1-11(18(23)24)26-15-8-2-12(3-9-15)10-16-17(22)21(19(25)27-16)14-6-4-13(20)5-7-14/h2-11H,1H3,(H,23,24)/b16-10+. The molecule has 0 bridgehead atoms. The van der Waals surface area contributed by atoms with Gasteiger partial charge in [-0.05, 0) is 66.7 Å². The van der Waals surface area contributed by atoms with E-state index in [4.69, 9.17) is 21.4 Å². The lowest BCUT2D eigenvalue weighted by atomic mass is 10.2. The molecule has 0 radical (unpaired) electrons. The van der Waals surface area contributed by atoms with Crippen molar-refractivity contribution in [3.8, 4) is 5.75 Å². The summed E-state index contributed by atoms with van der Waals surface area (Å²) >= 11 is 6.69. The predicted octanol–water partition coefficient (Wildman–Crippen LogP) is 4.43. The smallest absolute Gasteiger partial charge is 0.344 e. The molecule has 0 saturated carbocycles. The molecule has 27 heavy (non-hydrogen) atoms. The molecule has 1 fully saturated rings. The van der Waals surface area contributed by atoms with Gasteiger partial charge in [-0.25, -0.2) is 9.69 Å². The largest absolute Gasteiger partial charge is 0.479 e. The van der Waals surface area contributed by atoms with Gasteiger partial charge in [0.2, 0.25) is 0 Å². The maximum atomic E-state index is 12.6. The normalized spacial score (nSPS) is 16.7. The van der Waals surface area contributed by atoms with E-state index in [0.29, 0.717) is 26.9 Å². The molecular weight excluding hydrogens is 390 g/mol. The van der Waals surface area contributed by atoms with Crippen LogP contribution >= 0.6 is 23.4 Å². The Labute approximate surface area is 164 Å². The van der Waals surface area contributed by atoms with Crippen molar-refractivity contribution < 1.29 is 24.2 Å². The highest BCUT2D eigenvalue weighted by Crippen LogP contribution is 2.36. The van der Waals surface area contributed by atoms with E-state index in [1.54, 1.807) is 54.6 Å². The maximum Gasteiger partial charge on any atom is 0.344 e. The summed E-state index contributed by atoms with van der Waals surface area (Å²) in [5.41, 5.74) is 1.14. The van der Waals surface area contributed by atoms with Gasteiger partial charge in [-0.15, -0.1) is 0 Å². The van der Waals surface area contributed by atoms with E-state index >= 15 is 0 Å². The van der Waals surface area contributed by atoms with Gasteiger partial charge in [0, 0.05) is 5.02 Å². The molecule has 3 rings (SSSR count). The molecule has 1 aliphatic heterocycles. The highest BCUT2D eigenvalue weighted by molar-refractivity contribution is 8.19. The summed E-state index contributed by atoms with van der Waals surface area (Å²) < 4.78 is 5.26. The number of anilines is 1. The molecule has 1 heterocycles. The number of carboxylic acid groups (broad SMARTS) is 1. The van der Waals surface area contributed by atoms with E-state index in [2.05, 4.69) is 0 Å². The number of carboxylic acids is 1. The van der Waals surface area contributed by atoms with Gasteiger partial charge in [-0.3, -0.25) is 9.59 Å². The van der Waals surface area contributed by atoms with Gasteiger partial charge in [0.15, 0.2) is 6.10 Å². The Morgan fingerprint density at radius 2 is 1.78 bits per heavy atom. The average molecular weight is 404 g/mol. The maximum absolute atomic E-state index is 12.6. The first-order valence-corrected chi connectivity index (χ1v) is 9.07. The molecule has 0 aliphatic carbocycles. The van der Waals surface area contributed by atoms with Gasteiger partial charge in [-0.2, -0.15) is 0 Å². The number of carbonyl (C=O) groups is 3. The summed E-state index contributed by atoms with van der Waals surface area (Å²) in [6.45, 7) is 1.43. The van der Waals surface area contributed by atoms with Gasteiger partial charge in [0.1, 0.15) is 5.75 Å². The highest BCUT2D eigenvalue weighted by Gasteiger charge is 2.36. The number of hydrogen-bond acceptors (Lipinski definition) is 5. The Bertz CT molecular complexity index is 924. The first kappa shape index (κ1) is 19.0. The number of nitrogens with zero attached hydrogens (tertiary/aromatic N) is 1. The fraction of sp³-hybridized carbons (Fsp3) is 0.105. The number of rotatable bonds is 5. The van der Waals surface area contributed by atoms with E-state index in [1.807, 2.05) is 0 Å². The first-order chi connectivity index (χ1) is 12.8. The van der Waals surface area contributed by atoms with Crippen molar-refractivity contribution in [1.82, 2.24) is 0 Å². The van der Waals surface area contributed by atoms with Crippen molar-refractivity contribution in [1.29, 1.82) is 0 Å². The van der Waals surface area contributed by atoms with Crippen LogP contribution in [0.1, 0.15) is 12.5 Å². The second kappa shape index (κ2) is 7.85. The number of hydrogen-bond donors (Lipinski definition) is 1. The molecule has 6 nitrogen and oxygen atoms in total. The topological polar surface area (TPSA) is 83.9 Å². The first-order valence-electron chi connectivity index (χ1n) is 7.88. The summed E-state index contributed by atoms with van der Waals surface area (Å²) in [4.78, 5) is 37.0. The van der Waals surface area contributed by atoms with Crippen molar-refractivity contribution in [2.75, 3.05) is 4.90 Å². The van der Waals surface area contributed by atoms with Crippen molar-refractivity contribution in [2.45, 2.75) is 13.0 Å². The number of benzene rings is 2. The van der Waals surface area contributed by atoms with Crippen LogP contribution in [-0.4, -0.2) is 28.3 Å². The molecule has 1 unspecified atom stereocenters. The number of imide groups is 1. The van der Waals surface area contributed by atoms with E-state index < -0.39 is 18.0 Å². The molecule has 138 valence electrons. The lowest BCUT2D eigenvalue weighted by Crippen LogP contribution is -2.27. The zero-order chi connectivity index (χ0) is 19.6. The number of aliphatic carboxylic acids is 1. The Hall–Kier alpha value is -2.77. The van der Waals surface area contributed by atoms with Crippen LogP contribution in [0.25, 0.3) is 6.08 Å². The van der Waals surface area contributed by atoms with Crippen LogP contribution in [0.3, 0.4) is 0 Å². The third kappa shape index (κ3) is 4.32. The zero-order valence-electron chi connectivity index (χ0n) is 14.1. The number of halogens is 1. The number of carbonyl (C=O) groups excluding carboxylic acids is 2. The molecule has 1 atom stereocenters. The van der Waals surface area contributed by atoms with Crippen LogP contribution in [-0.2, 0) is 9.59 Å². The van der Waals surface area contributed by atoms with E-state index in [1.165, 1.54) is 6.92 Å². The molecule has 1 saturated heterocycles. The van der Waals surface area contributed by atoms with Gasteiger partial charge in [0.05, 0.1) is 10.6 Å². The van der Waals surface area contributed by atoms with Crippen molar-refractivity contribution in [3.63, 3.8) is 0 Å². The highest BCUT2D eigenvalue weighted by atomic mass is 35.5. The SMILES string of the molecule is CC(Oc1ccc(/C=C2/SC(=O)N(c3ccc(Cl)cc3)C2=O)cc1)C(=O)O. The summed E-state index contributed by atoms with van der Waals surface area (Å²) in [5, 5.41) is 8.99. The second-order valence-electron chi connectivity index (χ2n) is 5.66. The van der Waals surface area contributed by atoms with Crippen molar-refractivity contribution >= 4 is 52.2 Å². The van der Waals surface area contributed by atoms with E-state index in [-0.39, 0.29) is 5.24 Å². The van der Waals surface area contributed by atoms with Crippen molar-refractivity contribution in [2.24, 2.45) is 0 Å². The molecule has 0 spiro atoms. The Morgan fingerprint density at radius 3 is 2.37 bits per heavy atom. The van der Waals surface area contributed by atoms with Crippen LogP contribution in [0.15, 0.2) is 53.4 Å².